The molecule has 4 rings (SSSR count). The van der Waals surface area contributed by atoms with Crippen LogP contribution in [0, 0.1) is 5.92 Å². The van der Waals surface area contributed by atoms with E-state index < -0.39 is 39.5 Å². The van der Waals surface area contributed by atoms with Crippen LogP contribution in [0.25, 0.3) is 0 Å². The van der Waals surface area contributed by atoms with E-state index in [1.54, 1.807) is 25.7 Å². The van der Waals surface area contributed by atoms with Crippen molar-refractivity contribution in [2.45, 2.75) is 102 Å². The van der Waals surface area contributed by atoms with Crippen molar-refractivity contribution in [3.8, 4) is 0 Å². The lowest BCUT2D eigenvalue weighted by atomic mass is 10.1. The number of nitrogens with zero attached hydrogens (tertiary/aromatic N) is 1. The summed E-state index contributed by atoms with van der Waals surface area (Å²) in [5.74, 6) is -1.00. The van der Waals surface area contributed by atoms with Crippen LogP contribution in [0.5, 0.6) is 0 Å². The van der Waals surface area contributed by atoms with Gasteiger partial charge in [0.05, 0.1) is 6.61 Å². The molecule has 1 saturated carbocycles. The van der Waals surface area contributed by atoms with E-state index in [0.717, 1.165) is 44.1 Å². The van der Waals surface area contributed by atoms with Crippen LogP contribution in [0.15, 0.2) is 42.5 Å². The molecule has 1 aliphatic carbocycles. The first-order valence-electron chi connectivity index (χ1n) is 15.4. The Morgan fingerprint density at radius 1 is 1.09 bits per heavy atom. The molecule has 12 heteroatoms. The van der Waals surface area contributed by atoms with Gasteiger partial charge in [-0.3, -0.25) is 13.8 Å². The quantitative estimate of drug-likeness (QED) is 0.395. The van der Waals surface area contributed by atoms with Crippen LogP contribution in [0.3, 0.4) is 0 Å². The largest absolute Gasteiger partial charge is 0.444 e. The Hall–Kier alpha value is -2.96. The third-order valence-corrected chi connectivity index (χ3v) is 9.06. The number of rotatable bonds is 7. The maximum Gasteiger partial charge on any atom is 0.408 e. The monoisotopic (exact) mass is 618 g/mol. The summed E-state index contributed by atoms with van der Waals surface area (Å²) in [4.78, 5) is 41.5. The predicted molar refractivity (Wildman–Crippen MR) is 162 cm³/mol. The number of benzene rings is 1. The summed E-state index contributed by atoms with van der Waals surface area (Å²) in [6.45, 7) is 6.11. The molecule has 1 aromatic carbocycles. The zero-order valence-corrected chi connectivity index (χ0v) is 26.3. The summed E-state index contributed by atoms with van der Waals surface area (Å²) in [7, 11) is -4.32. The van der Waals surface area contributed by atoms with Gasteiger partial charge in [-0.25, -0.2) is 9.52 Å². The molecule has 0 unspecified atom stereocenters. The average Bonchev–Trinajstić information content (AvgIpc) is 3.44. The molecule has 2 heterocycles. The maximum atomic E-state index is 13.7. The SMILES string of the molecule is CC(C)(C)OC(=O)N[C@H]1CCCCC/C=C\[C@@H]2C[C@@]2(C(=O)NS(=O)(=O)OCCc2ccccc2)NC[C@@H]2CCCN2C1=O. The van der Waals surface area contributed by atoms with Gasteiger partial charge in [-0.2, -0.15) is 8.42 Å². The smallest absolute Gasteiger partial charge is 0.408 e. The number of ether oxygens (including phenoxy) is 1. The molecule has 0 aromatic heterocycles. The van der Waals surface area contributed by atoms with Crippen LogP contribution in [0.2, 0.25) is 0 Å². The third kappa shape index (κ3) is 9.51. The van der Waals surface area contributed by atoms with Gasteiger partial charge in [-0.15, -0.1) is 0 Å². The van der Waals surface area contributed by atoms with Gasteiger partial charge < -0.3 is 20.3 Å². The third-order valence-electron chi connectivity index (χ3n) is 8.14. The average molecular weight is 619 g/mol. The highest BCUT2D eigenvalue weighted by Gasteiger charge is 2.59. The number of nitrogens with one attached hydrogen (secondary N) is 3. The first-order chi connectivity index (χ1) is 20.4. The van der Waals surface area contributed by atoms with E-state index in [4.69, 9.17) is 8.92 Å². The van der Waals surface area contributed by atoms with Crippen molar-refractivity contribution in [1.29, 1.82) is 0 Å². The number of hydrogen-bond acceptors (Lipinski definition) is 8. The van der Waals surface area contributed by atoms with Gasteiger partial charge in [0.1, 0.15) is 17.2 Å². The maximum absolute atomic E-state index is 13.7. The number of fused-ring (bicyclic) bond motifs is 2. The lowest BCUT2D eigenvalue weighted by Gasteiger charge is -2.31. The molecule has 3 amide bonds. The second-order valence-electron chi connectivity index (χ2n) is 12.7. The van der Waals surface area contributed by atoms with Gasteiger partial charge in [0.15, 0.2) is 0 Å². The van der Waals surface area contributed by atoms with Crippen molar-refractivity contribution in [1.82, 2.24) is 20.3 Å². The zero-order chi connectivity index (χ0) is 31.1. The van der Waals surface area contributed by atoms with E-state index in [1.165, 1.54) is 0 Å². The van der Waals surface area contributed by atoms with Crippen LogP contribution < -0.4 is 15.4 Å². The van der Waals surface area contributed by atoms with Gasteiger partial charge in [-0.05, 0) is 71.3 Å². The van der Waals surface area contributed by atoms with E-state index in [1.807, 2.05) is 42.5 Å². The van der Waals surface area contributed by atoms with Crippen molar-refractivity contribution < 1.29 is 31.7 Å². The summed E-state index contributed by atoms with van der Waals surface area (Å²) in [5, 5.41) is 6.13. The molecule has 2 aliphatic heterocycles. The Morgan fingerprint density at radius 3 is 2.60 bits per heavy atom. The number of amides is 3. The molecule has 1 saturated heterocycles. The number of hydrogen-bond donors (Lipinski definition) is 3. The number of carbonyl (C=O) groups excluding carboxylic acids is 3. The minimum absolute atomic E-state index is 0.0893. The first-order valence-corrected chi connectivity index (χ1v) is 16.8. The Kier molecular flexibility index (Phi) is 10.9. The van der Waals surface area contributed by atoms with E-state index >= 15 is 0 Å². The van der Waals surface area contributed by atoms with Crippen LogP contribution >= 0.6 is 0 Å². The first kappa shape index (κ1) is 32.9. The van der Waals surface area contributed by atoms with Gasteiger partial charge in [-0.1, -0.05) is 55.3 Å². The van der Waals surface area contributed by atoms with Gasteiger partial charge in [0.2, 0.25) is 5.91 Å². The van der Waals surface area contributed by atoms with Crippen LogP contribution in [-0.4, -0.2) is 74.1 Å². The highest BCUT2D eigenvalue weighted by Crippen LogP contribution is 2.45. The molecule has 3 aliphatic rings. The van der Waals surface area contributed by atoms with Crippen LogP contribution in [0.4, 0.5) is 4.79 Å². The number of alkyl carbamates (subject to hydrolysis) is 1. The number of allylic oxidation sites excluding steroid dienone is 1. The van der Waals surface area contributed by atoms with Crippen molar-refractivity contribution >= 4 is 28.2 Å². The van der Waals surface area contributed by atoms with E-state index in [-0.39, 0.29) is 24.5 Å². The molecule has 0 radical (unpaired) electrons. The van der Waals surface area contributed by atoms with Crippen molar-refractivity contribution in [3.63, 3.8) is 0 Å². The van der Waals surface area contributed by atoms with E-state index in [2.05, 4.69) is 15.4 Å². The molecular weight excluding hydrogens is 572 g/mol. The summed E-state index contributed by atoms with van der Waals surface area (Å²) < 4.78 is 38.0. The fourth-order valence-electron chi connectivity index (χ4n) is 5.81. The van der Waals surface area contributed by atoms with Crippen molar-refractivity contribution in [2.24, 2.45) is 5.92 Å². The fourth-order valence-corrected chi connectivity index (χ4v) is 6.58. The highest BCUT2D eigenvalue weighted by atomic mass is 32.2. The summed E-state index contributed by atoms with van der Waals surface area (Å²) in [5.41, 5.74) is -0.870. The lowest BCUT2D eigenvalue weighted by Crippen LogP contribution is -2.56. The standard InChI is InChI=1S/C31H46N4O7S/c1-30(2,3)42-29(38)33-26-17-11-6-4-5-10-15-24-21-31(24,32-22-25-16-12-19-35(25)27(26)36)28(37)34-43(39,40)41-20-18-23-13-8-7-9-14-23/h7-10,13-15,24-26,32H,4-6,11-12,16-22H2,1-3H3,(H,33,38)(H,34,37)/b15-10-/t24-,25+,26+,31-/m1/s1. The Balaban J connectivity index is 1.43. The van der Waals surface area contributed by atoms with Crippen molar-refractivity contribution in [2.75, 3.05) is 19.7 Å². The van der Waals surface area contributed by atoms with Gasteiger partial charge in [0.25, 0.3) is 5.91 Å². The van der Waals surface area contributed by atoms with Gasteiger partial charge in [0, 0.05) is 25.0 Å². The Bertz CT molecular complexity index is 1260. The van der Waals surface area contributed by atoms with E-state index in [0.29, 0.717) is 32.4 Å². The molecule has 238 valence electrons. The summed E-state index contributed by atoms with van der Waals surface area (Å²) in [6, 6.07) is 8.45. The molecule has 43 heavy (non-hydrogen) atoms. The lowest BCUT2D eigenvalue weighted by molar-refractivity contribution is -0.134. The molecular formula is C31H46N4O7S. The summed E-state index contributed by atoms with van der Waals surface area (Å²) >= 11 is 0. The molecule has 2 fully saturated rings. The highest BCUT2D eigenvalue weighted by molar-refractivity contribution is 7.85. The molecule has 3 N–H and O–H groups in total. The minimum Gasteiger partial charge on any atom is -0.444 e. The molecule has 11 nitrogen and oxygen atoms in total. The zero-order valence-electron chi connectivity index (χ0n) is 25.5. The Morgan fingerprint density at radius 2 is 1.86 bits per heavy atom. The van der Waals surface area contributed by atoms with Crippen LogP contribution in [-0.2, 0) is 35.2 Å². The fraction of sp³-hybridized carbons (Fsp3) is 0.645. The second-order valence-corrected chi connectivity index (χ2v) is 14.0. The summed E-state index contributed by atoms with van der Waals surface area (Å²) in [6.07, 6.45) is 9.60. The predicted octanol–water partition coefficient (Wildman–Crippen LogP) is 3.36. The normalized spacial score (nSPS) is 27.6. The molecule has 1 aromatic rings. The molecule has 4 atom stereocenters. The van der Waals surface area contributed by atoms with Crippen molar-refractivity contribution in [3.05, 3.63) is 48.0 Å². The minimum atomic E-state index is -4.32. The second kappa shape index (κ2) is 14.2. The molecule has 0 spiro atoms. The van der Waals surface area contributed by atoms with E-state index in [9.17, 15) is 22.8 Å². The number of carbonyl (C=O) groups is 3. The van der Waals surface area contributed by atoms with Crippen LogP contribution in [0.1, 0.15) is 77.7 Å². The molecule has 0 bridgehead atoms. The Labute approximate surface area is 255 Å². The topological polar surface area (TPSA) is 143 Å². The van der Waals surface area contributed by atoms with Gasteiger partial charge >= 0.3 is 16.4 Å².